The van der Waals surface area contributed by atoms with Gasteiger partial charge in [0, 0.05) is 5.92 Å². The van der Waals surface area contributed by atoms with Gasteiger partial charge in [0.15, 0.2) is 5.41 Å². The van der Waals surface area contributed by atoms with Crippen molar-refractivity contribution in [2.24, 2.45) is 5.41 Å². The SMILES string of the molecule is N#CC1(C#N)[C@H](c2ccccc2)[C@@]1(C#N)c1ccccc1. The average molecular weight is 269 g/mol. The largest absolute Gasteiger partial charge is 0.197 e. The first kappa shape index (κ1) is 12.9. The van der Waals surface area contributed by atoms with E-state index in [0.717, 1.165) is 11.1 Å². The highest BCUT2D eigenvalue weighted by atomic mass is 14.8. The molecule has 0 amide bonds. The molecule has 0 aliphatic heterocycles. The molecule has 98 valence electrons. The van der Waals surface area contributed by atoms with Crippen LogP contribution in [0.3, 0.4) is 0 Å². The second-order valence-electron chi connectivity index (χ2n) is 5.16. The molecular weight excluding hydrogens is 258 g/mol. The minimum Gasteiger partial charge on any atom is -0.197 e. The monoisotopic (exact) mass is 269 g/mol. The van der Waals surface area contributed by atoms with E-state index in [1.165, 1.54) is 0 Å². The quantitative estimate of drug-likeness (QED) is 0.839. The second-order valence-corrected chi connectivity index (χ2v) is 5.16. The lowest BCUT2D eigenvalue weighted by atomic mass is 9.88. The summed E-state index contributed by atoms with van der Waals surface area (Å²) in [5, 5.41) is 29.0. The zero-order chi connectivity index (χ0) is 14.9. The summed E-state index contributed by atoms with van der Waals surface area (Å²) in [5.41, 5.74) is -0.848. The fourth-order valence-electron chi connectivity index (χ4n) is 3.26. The molecule has 2 aromatic carbocycles. The Hall–Kier alpha value is -3.09. The van der Waals surface area contributed by atoms with Gasteiger partial charge < -0.3 is 0 Å². The minimum absolute atomic E-state index is 0.423. The Morgan fingerprint density at radius 3 is 1.71 bits per heavy atom. The molecule has 0 aromatic heterocycles. The highest BCUT2D eigenvalue weighted by Gasteiger charge is 2.81. The van der Waals surface area contributed by atoms with E-state index < -0.39 is 16.7 Å². The molecule has 3 nitrogen and oxygen atoms in total. The first-order chi connectivity index (χ1) is 10.3. The topological polar surface area (TPSA) is 71.4 Å². The summed E-state index contributed by atoms with van der Waals surface area (Å²) in [6.07, 6.45) is 0. The summed E-state index contributed by atoms with van der Waals surface area (Å²) in [7, 11) is 0. The third kappa shape index (κ3) is 1.45. The standard InChI is InChI=1S/C18H11N3/c19-11-17(12-20)16(14-7-3-1-4-8-14)18(17,13-21)15-9-5-2-6-10-15/h1-10,16H/t16-,18+/m0/s1. The van der Waals surface area contributed by atoms with Gasteiger partial charge in [-0.15, -0.1) is 0 Å². The Morgan fingerprint density at radius 2 is 1.24 bits per heavy atom. The molecule has 0 unspecified atom stereocenters. The van der Waals surface area contributed by atoms with Gasteiger partial charge in [-0.2, -0.15) is 15.8 Å². The lowest BCUT2D eigenvalue weighted by molar-refractivity contribution is 0.742. The van der Waals surface area contributed by atoms with E-state index >= 15 is 0 Å². The molecule has 1 fully saturated rings. The molecule has 0 N–H and O–H groups in total. The van der Waals surface area contributed by atoms with E-state index in [0.29, 0.717) is 0 Å². The van der Waals surface area contributed by atoms with Gasteiger partial charge in [-0.05, 0) is 11.1 Å². The Bertz CT molecular complexity index is 776. The molecule has 0 spiro atoms. The highest BCUT2D eigenvalue weighted by Crippen LogP contribution is 2.73. The van der Waals surface area contributed by atoms with E-state index in [-0.39, 0.29) is 0 Å². The van der Waals surface area contributed by atoms with Gasteiger partial charge in [-0.1, -0.05) is 60.7 Å². The molecule has 1 aliphatic rings. The molecule has 2 aromatic rings. The Balaban J connectivity index is 2.24. The summed E-state index contributed by atoms with van der Waals surface area (Å²) in [6.45, 7) is 0. The predicted octanol–water partition coefficient (Wildman–Crippen LogP) is 3.28. The number of rotatable bonds is 2. The van der Waals surface area contributed by atoms with Crippen molar-refractivity contribution in [1.29, 1.82) is 15.8 Å². The smallest absolute Gasteiger partial charge is 0.175 e. The number of nitriles is 3. The van der Waals surface area contributed by atoms with Crippen molar-refractivity contribution in [1.82, 2.24) is 0 Å². The van der Waals surface area contributed by atoms with Gasteiger partial charge >= 0.3 is 0 Å². The summed E-state index contributed by atoms with van der Waals surface area (Å²) < 4.78 is 0. The molecular formula is C18H11N3. The van der Waals surface area contributed by atoms with E-state index in [1.54, 1.807) is 0 Å². The molecule has 2 atom stereocenters. The third-order valence-corrected chi connectivity index (χ3v) is 4.30. The molecule has 1 saturated carbocycles. The van der Waals surface area contributed by atoms with Crippen molar-refractivity contribution in [2.75, 3.05) is 0 Å². The first-order valence-corrected chi connectivity index (χ1v) is 6.61. The number of benzene rings is 2. The van der Waals surface area contributed by atoms with Gasteiger partial charge in [0.2, 0.25) is 0 Å². The van der Waals surface area contributed by atoms with Crippen molar-refractivity contribution in [3.63, 3.8) is 0 Å². The fourth-order valence-corrected chi connectivity index (χ4v) is 3.26. The van der Waals surface area contributed by atoms with Crippen LogP contribution in [-0.4, -0.2) is 0 Å². The zero-order valence-electron chi connectivity index (χ0n) is 11.2. The zero-order valence-corrected chi connectivity index (χ0v) is 11.2. The van der Waals surface area contributed by atoms with E-state index in [4.69, 9.17) is 0 Å². The van der Waals surface area contributed by atoms with Crippen LogP contribution in [0.25, 0.3) is 0 Å². The van der Waals surface area contributed by atoms with Crippen LogP contribution in [0.2, 0.25) is 0 Å². The van der Waals surface area contributed by atoms with Crippen molar-refractivity contribution >= 4 is 0 Å². The van der Waals surface area contributed by atoms with Crippen molar-refractivity contribution in [3.05, 3.63) is 71.8 Å². The first-order valence-electron chi connectivity index (χ1n) is 6.61. The van der Waals surface area contributed by atoms with Gasteiger partial charge in [-0.3, -0.25) is 0 Å². The van der Waals surface area contributed by atoms with Gasteiger partial charge in [0.25, 0.3) is 0 Å². The Kier molecular flexibility index (Phi) is 2.76. The molecule has 0 radical (unpaired) electrons. The number of hydrogen-bond acceptors (Lipinski definition) is 3. The predicted molar refractivity (Wildman–Crippen MR) is 76.6 cm³/mol. The van der Waals surface area contributed by atoms with Crippen LogP contribution in [-0.2, 0) is 5.41 Å². The minimum atomic E-state index is -1.33. The van der Waals surface area contributed by atoms with E-state index in [9.17, 15) is 15.8 Å². The molecule has 21 heavy (non-hydrogen) atoms. The Morgan fingerprint density at radius 1 is 0.714 bits per heavy atom. The molecule has 1 aliphatic carbocycles. The van der Waals surface area contributed by atoms with Crippen molar-refractivity contribution in [3.8, 4) is 18.2 Å². The van der Waals surface area contributed by atoms with Crippen LogP contribution in [0.1, 0.15) is 17.0 Å². The fraction of sp³-hybridized carbons (Fsp3) is 0.167. The van der Waals surface area contributed by atoms with Crippen LogP contribution < -0.4 is 0 Å². The van der Waals surface area contributed by atoms with Crippen LogP contribution in [0.4, 0.5) is 0 Å². The molecule has 0 saturated heterocycles. The summed E-state index contributed by atoms with van der Waals surface area (Å²) in [5.74, 6) is -0.423. The van der Waals surface area contributed by atoms with E-state index in [2.05, 4.69) is 18.2 Å². The highest BCUT2D eigenvalue weighted by molar-refractivity contribution is 5.64. The maximum Gasteiger partial charge on any atom is 0.175 e. The van der Waals surface area contributed by atoms with Crippen molar-refractivity contribution < 1.29 is 0 Å². The maximum absolute atomic E-state index is 9.79. The molecule has 3 rings (SSSR count). The van der Waals surface area contributed by atoms with Gasteiger partial charge in [0.05, 0.1) is 18.2 Å². The lowest BCUT2D eigenvalue weighted by Crippen LogP contribution is -2.14. The summed E-state index contributed by atoms with van der Waals surface area (Å²) in [4.78, 5) is 0. The normalized spacial score (nSPS) is 25.1. The van der Waals surface area contributed by atoms with Crippen molar-refractivity contribution in [2.45, 2.75) is 11.3 Å². The van der Waals surface area contributed by atoms with Crippen LogP contribution >= 0.6 is 0 Å². The molecule has 0 heterocycles. The summed E-state index contributed by atoms with van der Waals surface area (Å²) >= 11 is 0. The van der Waals surface area contributed by atoms with Gasteiger partial charge in [0.1, 0.15) is 5.41 Å². The number of nitrogens with zero attached hydrogens (tertiary/aromatic N) is 3. The van der Waals surface area contributed by atoms with Crippen LogP contribution in [0.15, 0.2) is 60.7 Å². The van der Waals surface area contributed by atoms with E-state index in [1.807, 2.05) is 60.7 Å². The average Bonchev–Trinajstić information content (AvgIpc) is 3.20. The second kappa shape index (κ2) is 4.48. The van der Waals surface area contributed by atoms with Crippen LogP contribution in [0.5, 0.6) is 0 Å². The summed E-state index contributed by atoms with van der Waals surface area (Å²) in [6, 6.07) is 25.0. The third-order valence-electron chi connectivity index (χ3n) is 4.30. The van der Waals surface area contributed by atoms with Gasteiger partial charge in [-0.25, -0.2) is 0 Å². The lowest BCUT2D eigenvalue weighted by Gasteiger charge is -2.09. The molecule has 0 bridgehead atoms. The molecule has 3 heteroatoms. The number of hydrogen-bond donors (Lipinski definition) is 0. The Labute approximate surface area is 123 Å². The van der Waals surface area contributed by atoms with Crippen LogP contribution in [0, 0.1) is 39.4 Å². The maximum atomic E-state index is 9.79.